The van der Waals surface area contributed by atoms with Crippen LogP contribution in [0.2, 0.25) is 10.0 Å². The quantitative estimate of drug-likeness (QED) is 0.117. The predicted molar refractivity (Wildman–Crippen MR) is 176 cm³/mol. The van der Waals surface area contributed by atoms with Gasteiger partial charge < -0.3 is 4.74 Å². The Hall–Kier alpha value is -2.47. The summed E-state index contributed by atoms with van der Waals surface area (Å²) in [5, 5.41) is 6.68. The van der Waals surface area contributed by atoms with Gasteiger partial charge in [-0.3, -0.25) is 9.59 Å². The fraction of sp³-hybridized carbons (Fsp3) is 0.156. The molecule has 8 rings (SSSR count). The Morgan fingerprint density at radius 1 is 0.780 bits per heavy atom. The Morgan fingerprint density at radius 2 is 1.29 bits per heavy atom. The molecular formula is C32H20Cl2I2N2O3. The molecule has 4 aromatic carbocycles. The highest BCUT2D eigenvalue weighted by molar-refractivity contribution is 14.1. The zero-order chi connectivity index (χ0) is 28.4. The Labute approximate surface area is 274 Å². The van der Waals surface area contributed by atoms with Crippen molar-refractivity contribution in [3.05, 3.63) is 129 Å². The molecule has 1 saturated heterocycles. The van der Waals surface area contributed by atoms with E-state index in [-0.39, 0.29) is 23.7 Å². The molecule has 1 heterocycles. The lowest BCUT2D eigenvalue weighted by molar-refractivity contribution is -0.139. The summed E-state index contributed by atoms with van der Waals surface area (Å²) in [6.45, 7) is 0.294. The second-order valence-corrected chi connectivity index (χ2v) is 13.5. The summed E-state index contributed by atoms with van der Waals surface area (Å²) in [6.07, 6.45) is 1.58. The Balaban J connectivity index is 1.15. The molecule has 4 aromatic rings. The molecule has 3 aliphatic carbocycles. The number of benzene rings is 4. The van der Waals surface area contributed by atoms with Crippen molar-refractivity contribution in [2.24, 2.45) is 16.9 Å². The third-order valence-corrected chi connectivity index (χ3v) is 10.3. The van der Waals surface area contributed by atoms with E-state index >= 15 is 0 Å². The molecular weight excluding hydrogens is 785 g/mol. The van der Waals surface area contributed by atoms with Gasteiger partial charge in [-0.25, -0.2) is 0 Å². The second kappa shape index (κ2) is 10.7. The van der Waals surface area contributed by atoms with Gasteiger partial charge in [0, 0.05) is 27.4 Å². The Bertz CT molecular complexity index is 1650. The number of rotatable bonds is 5. The molecule has 41 heavy (non-hydrogen) atoms. The lowest BCUT2D eigenvalue weighted by Crippen LogP contribution is -2.41. The van der Waals surface area contributed by atoms with Gasteiger partial charge in [-0.05, 0) is 97.3 Å². The van der Waals surface area contributed by atoms with Crippen molar-refractivity contribution < 1.29 is 14.3 Å². The molecule has 0 unspecified atom stereocenters. The van der Waals surface area contributed by atoms with Crippen molar-refractivity contribution in [2.45, 2.75) is 18.4 Å². The minimum absolute atomic E-state index is 0.151. The van der Waals surface area contributed by atoms with Gasteiger partial charge in [-0.15, -0.1) is 0 Å². The lowest BCUT2D eigenvalue weighted by atomic mass is 9.55. The molecule has 1 aliphatic heterocycles. The number of halogens is 4. The Morgan fingerprint density at radius 3 is 1.78 bits per heavy atom. The zero-order valence-corrected chi connectivity index (χ0v) is 27.1. The van der Waals surface area contributed by atoms with Crippen LogP contribution in [-0.2, 0) is 16.2 Å². The van der Waals surface area contributed by atoms with Crippen LogP contribution < -0.4 is 4.74 Å². The number of carbonyl (C=O) groups excluding carboxylic acids is 2. The first-order valence-corrected chi connectivity index (χ1v) is 15.9. The molecule has 0 spiro atoms. The van der Waals surface area contributed by atoms with Crippen LogP contribution in [0.1, 0.15) is 45.2 Å². The fourth-order valence-electron chi connectivity index (χ4n) is 6.48. The maximum absolute atomic E-state index is 13.8. The van der Waals surface area contributed by atoms with E-state index in [1.54, 1.807) is 18.3 Å². The normalized spacial score (nSPS) is 22.2. The first kappa shape index (κ1) is 27.4. The van der Waals surface area contributed by atoms with Crippen LogP contribution in [0.4, 0.5) is 0 Å². The summed E-state index contributed by atoms with van der Waals surface area (Å²) in [4.78, 5) is 27.6. The third-order valence-electron chi connectivity index (χ3n) is 8.16. The second-order valence-electron chi connectivity index (χ2n) is 10.3. The smallest absolute Gasteiger partial charge is 0.254 e. The van der Waals surface area contributed by atoms with Crippen molar-refractivity contribution in [2.75, 3.05) is 0 Å². The topological polar surface area (TPSA) is 59.0 Å². The van der Waals surface area contributed by atoms with Crippen molar-refractivity contribution in [1.29, 1.82) is 0 Å². The number of imide groups is 1. The van der Waals surface area contributed by atoms with Gasteiger partial charge in [0.15, 0.2) is 0 Å². The van der Waals surface area contributed by atoms with Gasteiger partial charge in [0.2, 0.25) is 0 Å². The number of ether oxygens (including phenoxy) is 1. The number of hydrazone groups is 1. The molecule has 204 valence electrons. The van der Waals surface area contributed by atoms with Crippen LogP contribution in [0.25, 0.3) is 0 Å². The molecule has 2 amide bonds. The van der Waals surface area contributed by atoms with Gasteiger partial charge in [0.1, 0.15) is 12.4 Å². The van der Waals surface area contributed by atoms with Gasteiger partial charge in [-0.1, -0.05) is 77.8 Å². The van der Waals surface area contributed by atoms with E-state index in [4.69, 9.17) is 27.9 Å². The standard InChI is InChI=1S/C32H20Cl2I2N2O3/c33-18-10-9-17(23(34)13-18)15-41-30-24(35)11-16(12-25(30)36)14-37-38-31(39)28-26-19-5-1-2-6-20(19)27(29(28)32(38)40)22-8-4-3-7-21(22)26/h1-14,26-29H,15H2/b37-14-/t26?,27?,28-,29-/m0/s1. The van der Waals surface area contributed by atoms with E-state index in [1.165, 1.54) is 0 Å². The summed E-state index contributed by atoms with van der Waals surface area (Å²) >= 11 is 16.7. The zero-order valence-electron chi connectivity index (χ0n) is 21.2. The highest BCUT2D eigenvalue weighted by Gasteiger charge is 2.61. The molecule has 1 fully saturated rings. The molecule has 9 heteroatoms. The number of carbonyl (C=O) groups is 2. The average molecular weight is 805 g/mol. The van der Waals surface area contributed by atoms with E-state index in [9.17, 15) is 9.59 Å². The number of hydrogen-bond acceptors (Lipinski definition) is 4. The summed E-state index contributed by atoms with van der Waals surface area (Å²) in [5.74, 6) is -0.960. The number of hydrogen-bond donors (Lipinski definition) is 0. The van der Waals surface area contributed by atoms with Gasteiger partial charge in [0.25, 0.3) is 11.8 Å². The van der Waals surface area contributed by atoms with Crippen LogP contribution in [0.15, 0.2) is 84.0 Å². The number of amides is 2. The maximum Gasteiger partial charge on any atom is 0.254 e. The van der Waals surface area contributed by atoms with E-state index < -0.39 is 11.8 Å². The summed E-state index contributed by atoms with van der Waals surface area (Å²) in [6, 6.07) is 25.6. The van der Waals surface area contributed by atoms with Crippen molar-refractivity contribution in [3.63, 3.8) is 0 Å². The highest BCUT2D eigenvalue weighted by atomic mass is 127. The molecule has 5 nitrogen and oxygen atoms in total. The largest absolute Gasteiger partial charge is 0.487 e. The summed E-state index contributed by atoms with van der Waals surface area (Å²) < 4.78 is 7.84. The van der Waals surface area contributed by atoms with Crippen molar-refractivity contribution >= 4 is 86.4 Å². The van der Waals surface area contributed by atoms with Crippen LogP contribution in [-0.4, -0.2) is 23.0 Å². The van der Waals surface area contributed by atoms with Crippen LogP contribution >= 0.6 is 68.4 Å². The average Bonchev–Trinajstić information content (AvgIpc) is 3.22. The van der Waals surface area contributed by atoms with Gasteiger partial charge in [-0.2, -0.15) is 10.1 Å². The molecule has 0 saturated carbocycles. The summed E-state index contributed by atoms with van der Waals surface area (Å²) in [5.41, 5.74) is 6.17. The van der Waals surface area contributed by atoms with E-state index in [0.717, 1.165) is 51.3 Å². The molecule has 0 radical (unpaired) electrons. The van der Waals surface area contributed by atoms with E-state index in [1.807, 2.05) is 42.5 Å². The summed E-state index contributed by atoms with van der Waals surface area (Å²) in [7, 11) is 0. The minimum atomic E-state index is -0.454. The van der Waals surface area contributed by atoms with E-state index in [0.29, 0.717) is 16.7 Å². The maximum atomic E-state index is 13.8. The molecule has 0 N–H and O–H groups in total. The van der Waals surface area contributed by atoms with Gasteiger partial charge >= 0.3 is 0 Å². The lowest BCUT2D eigenvalue weighted by Gasteiger charge is -2.45. The van der Waals surface area contributed by atoms with Crippen molar-refractivity contribution in [3.8, 4) is 5.75 Å². The predicted octanol–water partition coefficient (Wildman–Crippen LogP) is 8.01. The van der Waals surface area contributed by atoms with Crippen LogP contribution in [0.3, 0.4) is 0 Å². The minimum Gasteiger partial charge on any atom is -0.487 e. The molecule has 4 aliphatic rings. The monoisotopic (exact) mass is 804 g/mol. The highest BCUT2D eigenvalue weighted by Crippen LogP contribution is 2.61. The van der Waals surface area contributed by atoms with Crippen LogP contribution in [0.5, 0.6) is 5.75 Å². The van der Waals surface area contributed by atoms with Crippen LogP contribution in [0, 0.1) is 19.0 Å². The first-order valence-electron chi connectivity index (χ1n) is 13.0. The van der Waals surface area contributed by atoms with Gasteiger partial charge in [0.05, 0.1) is 25.2 Å². The van der Waals surface area contributed by atoms with E-state index in [2.05, 4.69) is 74.5 Å². The SMILES string of the molecule is O=C1[C@H]2C3c4ccccc4C(c4ccccc43)[C@@H]2C(=O)N1/N=C\c1cc(I)c(OCc2ccc(Cl)cc2Cl)c(I)c1. The Kier molecular flexibility index (Phi) is 7.12. The molecule has 0 aromatic heterocycles. The third kappa shape index (κ3) is 4.51. The fourth-order valence-corrected chi connectivity index (χ4v) is 9.07. The molecule has 2 bridgehead atoms. The first-order chi connectivity index (χ1) is 19.8. The van der Waals surface area contributed by atoms with Crippen molar-refractivity contribution in [1.82, 2.24) is 5.01 Å². The molecule has 2 atom stereocenters. The number of nitrogens with zero attached hydrogens (tertiary/aromatic N) is 2.